The number of thiazole rings is 1. The molecular weight excluding hydrogens is 380 g/mol. The predicted octanol–water partition coefficient (Wildman–Crippen LogP) is 5.22. The fourth-order valence-corrected chi connectivity index (χ4v) is 4.68. The van der Waals surface area contributed by atoms with E-state index in [-0.39, 0.29) is 11.8 Å². The van der Waals surface area contributed by atoms with Gasteiger partial charge in [0.2, 0.25) is 5.91 Å². The van der Waals surface area contributed by atoms with Gasteiger partial charge in [0.05, 0.1) is 18.5 Å². The number of methoxy groups -OCH3 is 1. The van der Waals surface area contributed by atoms with E-state index in [0.29, 0.717) is 22.9 Å². The van der Waals surface area contributed by atoms with Crippen molar-refractivity contribution in [2.75, 3.05) is 12.4 Å². The molecule has 4 rings (SSSR count). The van der Waals surface area contributed by atoms with Crippen LogP contribution in [0.4, 0.5) is 5.69 Å². The van der Waals surface area contributed by atoms with E-state index in [2.05, 4.69) is 17.4 Å². The normalized spacial score (nSPS) is 15.9. The second-order valence-corrected chi connectivity index (χ2v) is 8.05. The van der Waals surface area contributed by atoms with E-state index in [1.54, 1.807) is 36.6 Å². The fourth-order valence-electron chi connectivity index (χ4n) is 3.32. The lowest BCUT2D eigenvalue weighted by molar-refractivity contribution is -0.120. The number of rotatable bonds is 4. The van der Waals surface area contributed by atoms with Crippen LogP contribution >= 0.6 is 22.9 Å². The van der Waals surface area contributed by atoms with E-state index in [1.165, 1.54) is 4.88 Å². The average molecular weight is 399 g/mol. The van der Waals surface area contributed by atoms with Crippen LogP contribution in [-0.4, -0.2) is 18.0 Å². The van der Waals surface area contributed by atoms with Crippen molar-refractivity contribution in [2.24, 2.45) is 5.92 Å². The summed E-state index contributed by atoms with van der Waals surface area (Å²) in [6.07, 6.45) is 2.33. The highest BCUT2D eigenvalue weighted by molar-refractivity contribution is 7.15. The van der Waals surface area contributed by atoms with Crippen LogP contribution in [0.1, 0.15) is 17.0 Å². The molecule has 0 radical (unpaired) electrons. The van der Waals surface area contributed by atoms with Gasteiger partial charge in [0.15, 0.2) is 0 Å². The van der Waals surface area contributed by atoms with Gasteiger partial charge in [-0.25, -0.2) is 4.98 Å². The number of benzene rings is 2. The summed E-state index contributed by atoms with van der Waals surface area (Å²) in [5, 5.41) is 4.57. The Morgan fingerprint density at radius 3 is 2.85 bits per heavy atom. The summed E-state index contributed by atoms with van der Waals surface area (Å²) in [7, 11) is 1.58. The molecule has 1 amide bonds. The molecule has 3 aromatic rings. The molecule has 0 aliphatic heterocycles. The van der Waals surface area contributed by atoms with Gasteiger partial charge < -0.3 is 10.1 Å². The Hall–Kier alpha value is -2.37. The first-order valence-electron chi connectivity index (χ1n) is 8.82. The third-order valence-electron chi connectivity index (χ3n) is 4.75. The SMILES string of the molecule is COc1ccc(Cl)cc1NC(=O)C1CCc2nc(-c3ccccc3)sc2C1. The topological polar surface area (TPSA) is 51.2 Å². The minimum atomic E-state index is -0.0785. The Kier molecular flexibility index (Phi) is 5.14. The first kappa shape index (κ1) is 18.0. The van der Waals surface area contributed by atoms with Crippen molar-refractivity contribution in [3.63, 3.8) is 0 Å². The molecule has 27 heavy (non-hydrogen) atoms. The molecule has 1 atom stereocenters. The number of anilines is 1. The summed E-state index contributed by atoms with van der Waals surface area (Å²) in [5.74, 6) is 0.523. The van der Waals surface area contributed by atoms with Crippen LogP contribution in [0.15, 0.2) is 48.5 Å². The predicted molar refractivity (Wildman–Crippen MR) is 110 cm³/mol. The highest BCUT2D eigenvalue weighted by Crippen LogP contribution is 2.35. The second-order valence-electron chi connectivity index (χ2n) is 6.53. The van der Waals surface area contributed by atoms with E-state index in [4.69, 9.17) is 21.3 Å². The third kappa shape index (κ3) is 3.84. The fraction of sp³-hybridized carbons (Fsp3) is 0.238. The number of amides is 1. The highest BCUT2D eigenvalue weighted by atomic mass is 35.5. The van der Waals surface area contributed by atoms with Gasteiger partial charge >= 0.3 is 0 Å². The molecule has 1 aliphatic rings. The summed E-state index contributed by atoms with van der Waals surface area (Å²) in [5.41, 5.74) is 2.86. The van der Waals surface area contributed by atoms with Crippen molar-refractivity contribution in [2.45, 2.75) is 19.3 Å². The molecule has 2 aromatic carbocycles. The van der Waals surface area contributed by atoms with Crippen molar-refractivity contribution in [3.8, 4) is 16.3 Å². The van der Waals surface area contributed by atoms with E-state index in [9.17, 15) is 4.79 Å². The van der Waals surface area contributed by atoms with Crippen molar-refractivity contribution < 1.29 is 9.53 Å². The van der Waals surface area contributed by atoms with Gasteiger partial charge in [-0.3, -0.25) is 4.79 Å². The van der Waals surface area contributed by atoms with Crippen LogP contribution in [-0.2, 0) is 17.6 Å². The Balaban J connectivity index is 1.50. The Labute approximate surface area is 167 Å². The molecule has 6 heteroatoms. The van der Waals surface area contributed by atoms with Crippen LogP contribution in [0.2, 0.25) is 5.02 Å². The molecule has 0 saturated carbocycles. The zero-order chi connectivity index (χ0) is 18.8. The highest BCUT2D eigenvalue weighted by Gasteiger charge is 2.28. The smallest absolute Gasteiger partial charge is 0.227 e. The summed E-state index contributed by atoms with van der Waals surface area (Å²) in [4.78, 5) is 18.8. The molecular formula is C21H19ClN2O2S. The Morgan fingerprint density at radius 1 is 1.26 bits per heavy atom. The minimum Gasteiger partial charge on any atom is -0.495 e. The molecule has 1 N–H and O–H groups in total. The molecule has 0 bridgehead atoms. The number of carbonyl (C=O) groups is 1. The van der Waals surface area contributed by atoms with Crippen molar-refractivity contribution in [1.82, 2.24) is 4.98 Å². The number of halogens is 1. The van der Waals surface area contributed by atoms with E-state index < -0.39 is 0 Å². The van der Waals surface area contributed by atoms with Gasteiger partial charge in [-0.05, 0) is 37.5 Å². The maximum absolute atomic E-state index is 12.8. The number of ether oxygens (including phenoxy) is 1. The molecule has 1 unspecified atom stereocenters. The largest absolute Gasteiger partial charge is 0.495 e. The van der Waals surface area contributed by atoms with Gasteiger partial charge in [0.25, 0.3) is 0 Å². The van der Waals surface area contributed by atoms with Gasteiger partial charge in [-0.2, -0.15) is 0 Å². The first-order valence-corrected chi connectivity index (χ1v) is 10.0. The van der Waals surface area contributed by atoms with Gasteiger partial charge in [0, 0.05) is 21.4 Å². The number of carbonyl (C=O) groups excluding carboxylic acids is 1. The number of aryl methyl sites for hydroxylation is 1. The lowest BCUT2D eigenvalue weighted by atomic mass is 9.90. The Morgan fingerprint density at radius 2 is 2.07 bits per heavy atom. The quantitative estimate of drug-likeness (QED) is 0.655. The zero-order valence-electron chi connectivity index (χ0n) is 14.9. The summed E-state index contributed by atoms with van der Waals surface area (Å²) < 4.78 is 5.32. The maximum atomic E-state index is 12.8. The monoisotopic (exact) mass is 398 g/mol. The van der Waals surface area contributed by atoms with Gasteiger partial charge in [0.1, 0.15) is 10.8 Å². The van der Waals surface area contributed by atoms with Crippen molar-refractivity contribution in [3.05, 3.63) is 64.1 Å². The molecule has 0 spiro atoms. The molecule has 138 valence electrons. The number of aromatic nitrogens is 1. The number of nitrogens with zero attached hydrogens (tertiary/aromatic N) is 1. The molecule has 1 aromatic heterocycles. The number of hydrogen-bond acceptors (Lipinski definition) is 4. The zero-order valence-corrected chi connectivity index (χ0v) is 16.4. The first-order chi connectivity index (χ1) is 13.1. The van der Waals surface area contributed by atoms with Crippen molar-refractivity contribution >= 4 is 34.5 Å². The summed E-state index contributed by atoms with van der Waals surface area (Å²) in [6, 6.07) is 15.4. The van der Waals surface area contributed by atoms with Crippen LogP contribution < -0.4 is 10.1 Å². The molecule has 0 fully saturated rings. The van der Waals surface area contributed by atoms with Crippen LogP contribution in [0.5, 0.6) is 5.75 Å². The van der Waals surface area contributed by atoms with Crippen LogP contribution in [0.25, 0.3) is 10.6 Å². The lowest BCUT2D eigenvalue weighted by Crippen LogP contribution is -2.27. The van der Waals surface area contributed by atoms with Crippen molar-refractivity contribution in [1.29, 1.82) is 0 Å². The maximum Gasteiger partial charge on any atom is 0.227 e. The standard InChI is InChI=1S/C21H19ClN2O2S/c1-26-18-10-8-15(22)12-17(18)23-20(25)14-7-9-16-19(11-14)27-21(24-16)13-5-3-2-4-6-13/h2-6,8,10,12,14H,7,9,11H2,1H3,(H,23,25). The van der Waals surface area contributed by atoms with E-state index in [0.717, 1.165) is 29.1 Å². The van der Waals surface area contributed by atoms with Crippen LogP contribution in [0.3, 0.4) is 0 Å². The summed E-state index contributed by atoms with van der Waals surface area (Å²) in [6.45, 7) is 0. The van der Waals surface area contributed by atoms with Gasteiger partial charge in [-0.1, -0.05) is 41.9 Å². The summed E-state index contributed by atoms with van der Waals surface area (Å²) >= 11 is 7.75. The van der Waals surface area contributed by atoms with E-state index in [1.807, 2.05) is 18.2 Å². The van der Waals surface area contributed by atoms with E-state index >= 15 is 0 Å². The van der Waals surface area contributed by atoms with Crippen LogP contribution in [0, 0.1) is 5.92 Å². The molecule has 1 heterocycles. The lowest BCUT2D eigenvalue weighted by Gasteiger charge is -2.21. The third-order valence-corrected chi connectivity index (χ3v) is 6.15. The van der Waals surface area contributed by atoms with Gasteiger partial charge in [-0.15, -0.1) is 11.3 Å². The number of hydrogen-bond donors (Lipinski definition) is 1. The molecule has 1 aliphatic carbocycles. The molecule has 0 saturated heterocycles. The number of fused-ring (bicyclic) bond motifs is 1. The molecule has 4 nitrogen and oxygen atoms in total. The Bertz CT molecular complexity index is 972. The average Bonchev–Trinajstić information content (AvgIpc) is 3.12. The minimum absolute atomic E-state index is 0.00382. The second kappa shape index (κ2) is 7.71. The number of nitrogens with one attached hydrogen (secondary N) is 1.